The van der Waals surface area contributed by atoms with E-state index < -0.39 is 12.1 Å². The highest BCUT2D eigenvalue weighted by atomic mass is 16.4. The summed E-state index contributed by atoms with van der Waals surface area (Å²) in [4.78, 5) is 11.4. The van der Waals surface area contributed by atoms with Crippen molar-refractivity contribution >= 4 is 5.97 Å². The molecule has 21 heavy (non-hydrogen) atoms. The van der Waals surface area contributed by atoms with Gasteiger partial charge in [-0.05, 0) is 12.8 Å². The fourth-order valence-electron chi connectivity index (χ4n) is 2.86. The average Bonchev–Trinajstić information content (AvgIpc) is 3.05. The average molecular weight is 291 g/mol. The zero-order valence-corrected chi connectivity index (χ0v) is 11.7. The number of aromatic nitrogens is 5. The van der Waals surface area contributed by atoms with Crippen LogP contribution in [0.4, 0.5) is 0 Å². The molecule has 8 heteroatoms. The molecule has 0 amide bonds. The highest BCUT2D eigenvalue weighted by Crippen LogP contribution is 2.33. The van der Waals surface area contributed by atoms with Crippen molar-refractivity contribution in [2.75, 3.05) is 0 Å². The number of hydrogen-bond donors (Lipinski definition) is 2. The first-order valence-electron chi connectivity index (χ1n) is 6.93. The van der Waals surface area contributed by atoms with Gasteiger partial charge in [0.25, 0.3) is 0 Å². The Balaban J connectivity index is 2.10. The molecule has 0 aromatic carbocycles. The summed E-state index contributed by atoms with van der Waals surface area (Å²) in [5.41, 5.74) is 0.931. The number of hydrogen-bond acceptors (Lipinski definition) is 5. The summed E-state index contributed by atoms with van der Waals surface area (Å²) in [6, 6.07) is -0.241. The molecule has 1 fully saturated rings. The smallest absolute Gasteiger partial charge is 0.358 e. The summed E-state index contributed by atoms with van der Waals surface area (Å²) in [6.07, 6.45) is 6.18. The van der Waals surface area contributed by atoms with Gasteiger partial charge in [-0.2, -0.15) is 5.10 Å². The van der Waals surface area contributed by atoms with Crippen LogP contribution >= 0.6 is 0 Å². The molecule has 112 valence electrons. The van der Waals surface area contributed by atoms with Crippen LogP contribution in [0, 0.1) is 0 Å². The summed E-state index contributed by atoms with van der Waals surface area (Å²) in [5.74, 6) is -1.13. The molecule has 0 spiro atoms. The largest absolute Gasteiger partial charge is 0.476 e. The quantitative estimate of drug-likeness (QED) is 0.868. The van der Waals surface area contributed by atoms with Gasteiger partial charge in [-0.15, -0.1) is 5.10 Å². The highest BCUT2D eigenvalue weighted by Gasteiger charge is 2.31. The van der Waals surface area contributed by atoms with E-state index in [2.05, 4.69) is 15.4 Å². The molecule has 1 aliphatic carbocycles. The molecule has 8 nitrogen and oxygen atoms in total. The molecule has 0 bridgehead atoms. The lowest BCUT2D eigenvalue weighted by Crippen LogP contribution is -2.29. The Kier molecular flexibility index (Phi) is 3.46. The Labute approximate surface area is 121 Å². The summed E-state index contributed by atoms with van der Waals surface area (Å²) < 4.78 is 3.14. The molecule has 2 aromatic heterocycles. The molecule has 2 atom stereocenters. The molecule has 0 aliphatic heterocycles. The van der Waals surface area contributed by atoms with Gasteiger partial charge in [-0.1, -0.05) is 18.1 Å². The summed E-state index contributed by atoms with van der Waals surface area (Å²) in [6.45, 7) is 0. The maximum absolute atomic E-state index is 11.4. The molecule has 0 radical (unpaired) electrons. The van der Waals surface area contributed by atoms with E-state index in [4.69, 9.17) is 0 Å². The number of nitrogens with zero attached hydrogens (tertiary/aromatic N) is 5. The van der Waals surface area contributed by atoms with Crippen LogP contribution in [0.5, 0.6) is 0 Å². The molecule has 3 rings (SSSR count). The minimum absolute atomic E-state index is 0.110. The van der Waals surface area contributed by atoms with E-state index in [0.717, 1.165) is 19.3 Å². The molecule has 2 unspecified atom stereocenters. The summed E-state index contributed by atoms with van der Waals surface area (Å²) in [5, 5.41) is 31.3. The van der Waals surface area contributed by atoms with Gasteiger partial charge in [0.1, 0.15) is 5.69 Å². The fraction of sp³-hybridized carbons (Fsp3) is 0.538. The first-order valence-corrected chi connectivity index (χ1v) is 6.93. The van der Waals surface area contributed by atoms with E-state index in [9.17, 15) is 15.0 Å². The molecular weight excluding hydrogens is 274 g/mol. The van der Waals surface area contributed by atoms with E-state index in [-0.39, 0.29) is 11.7 Å². The first kappa shape index (κ1) is 13.7. The van der Waals surface area contributed by atoms with E-state index in [0.29, 0.717) is 17.7 Å². The number of carbonyl (C=O) groups is 1. The molecule has 2 aromatic rings. The third-order valence-corrected chi connectivity index (χ3v) is 3.88. The van der Waals surface area contributed by atoms with Crippen LogP contribution in [-0.4, -0.2) is 47.1 Å². The molecule has 2 heterocycles. The number of rotatable bonds is 3. The fourth-order valence-corrected chi connectivity index (χ4v) is 2.86. The topological polar surface area (TPSA) is 106 Å². The summed E-state index contributed by atoms with van der Waals surface area (Å²) in [7, 11) is 1.76. The van der Waals surface area contributed by atoms with Gasteiger partial charge < -0.3 is 10.2 Å². The van der Waals surface area contributed by atoms with Crippen molar-refractivity contribution in [2.24, 2.45) is 7.05 Å². The van der Waals surface area contributed by atoms with Gasteiger partial charge in [0.2, 0.25) is 0 Å². The van der Waals surface area contributed by atoms with Crippen molar-refractivity contribution in [3.8, 4) is 11.3 Å². The number of aromatic carboxylic acids is 1. The van der Waals surface area contributed by atoms with Gasteiger partial charge in [-0.25, -0.2) is 9.48 Å². The van der Waals surface area contributed by atoms with Gasteiger partial charge in [0, 0.05) is 18.8 Å². The second kappa shape index (κ2) is 5.28. The lowest BCUT2D eigenvalue weighted by Gasteiger charge is -2.28. The van der Waals surface area contributed by atoms with Crippen LogP contribution in [0.25, 0.3) is 11.3 Å². The SMILES string of the molecule is Cn1cc(-c2c(C(=O)O)nnn2C2CCCCC2O)cn1. The molecular formula is C13H17N5O3. The van der Waals surface area contributed by atoms with Crippen LogP contribution in [0.1, 0.15) is 42.2 Å². The highest BCUT2D eigenvalue weighted by molar-refractivity contribution is 5.92. The number of carboxylic acid groups (broad SMARTS) is 1. The van der Waals surface area contributed by atoms with Crippen LogP contribution < -0.4 is 0 Å². The zero-order valence-electron chi connectivity index (χ0n) is 11.7. The van der Waals surface area contributed by atoms with Crippen LogP contribution in [0.3, 0.4) is 0 Å². The number of aliphatic hydroxyl groups is 1. The normalized spacial score (nSPS) is 22.4. The van der Waals surface area contributed by atoms with E-state index in [1.807, 2.05) is 0 Å². The Morgan fingerprint density at radius 2 is 2.14 bits per heavy atom. The standard InChI is InChI=1S/C13H17N5O3/c1-17-7-8(6-14-17)12-11(13(20)21)15-16-18(12)9-4-2-3-5-10(9)19/h6-7,9-10,19H,2-5H2,1H3,(H,20,21). The van der Waals surface area contributed by atoms with Crippen molar-refractivity contribution in [3.63, 3.8) is 0 Å². The third kappa shape index (κ3) is 2.42. The van der Waals surface area contributed by atoms with Crippen molar-refractivity contribution in [2.45, 2.75) is 37.8 Å². The van der Waals surface area contributed by atoms with Crippen LogP contribution in [0.15, 0.2) is 12.4 Å². The molecule has 1 saturated carbocycles. The second-order valence-electron chi connectivity index (χ2n) is 5.36. The summed E-state index contributed by atoms with van der Waals surface area (Å²) >= 11 is 0. The van der Waals surface area contributed by atoms with Gasteiger partial charge in [0.15, 0.2) is 5.69 Å². The number of aliphatic hydroxyl groups excluding tert-OH is 1. The maximum Gasteiger partial charge on any atom is 0.358 e. The predicted molar refractivity (Wildman–Crippen MR) is 72.7 cm³/mol. The second-order valence-corrected chi connectivity index (χ2v) is 5.36. The lowest BCUT2D eigenvalue weighted by atomic mass is 9.92. The number of carboxylic acids is 1. The van der Waals surface area contributed by atoms with E-state index in [1.54, 1.807) is 28.8 Å². The Bertz CT molecular complexity index is 663. The van der Waals surface area contributed by atoms with Crippen LogP contribution in [-0.2, 0) is 7.05 Å². The first-order chi connectivity index (χ1) is 10.1. The Morgan fingerprint density at radius 1 is 1.38 bits per heavy atom. The van der Waals surface area contributed by atoms with Crippen molar-refractivity contribution in [3.05, 3.63) is 18.1 Å². The minimum atomic E-state index is -1.13. The number of aryl methyl sites for hydroxylation is 1. The maximum atomic E-state index is 11.4. The molecule has 0 saturated heterocycles. The van der Waals surface area contributed by atoms with Gasteiger partial charge in [0.05, 0.1) is 18.3 Å². The van der Waals surface area contributed by atoms with E-state index >= 15 is 0 Å². The van der Waals surface area contributed by atoms with Gasteiger partial charge in [-0.3, -0.25) is 4.68 Å². The predicted octanol–water partition coefficient (Wildman–Crippen LogP) is 0.853. The van der Waals surface area contributed by atoms with Crippen LogP contribution in [0.2, 0.25) is 0 Å². The molecule has 2 N–H and O–H groups in total. The Hall–Kier alpha value is -2.22. The van der Waals surface area contributed by atoms with Gasteiger partial charge >= 0.3 is 5.97 Å². The third-order valence-electron chi connectivity index (χ3n) is 3.88. The monoisotopic (exact) mass is 291 g/mol. The Morgan fingerprint density at radius 3 is 2.76 bits per heavy atom. The minimum Gasteiger partial charge on any atom is -0.476 e. The van der Waals surface area contributed by atoms with Crippen molar-refractivity contribution < 1.29 is 15.0 Å². The zero-order chi connectivity index (χ0) is 15.0. The van der Waals surface area contributed by atoms with Crippen molar-refractivity contribution in [1.29, 1.82) is 0 Å². The van der Waals surface area contributed by atoms with E-state index in [1.165, 1.54) is 0 Å². The molecule has 1 aliphatic rings. The lowest BCUT2D eigenvalue weighted by molar-refractivity contribution is 0.0680. The van der Waals surface area contributed by atoms with Crippen molar-refractivity contribution in [1.82, 2.24) is 24.8 Å².